The van der Waals surface area contributed by atoms with Crippen LogP contribution in [0.15, 0.2) is 152 Å². The van der Waals surface area contributed by atoms with Crippen LogP contribution in [0.3, 0.4) is 0 Å². The molecule has 5 aromatic rings. The molecule has 0 saturated carbocycles. The summed E-state index contributed by atoms with van der Waals surface area (Å²) in [5.41, 5.74) is 17.8. The highest BCUT2D eigenvalue weighted by atomic mass is 14.9. The Bertz CT molecular complexity index is 1940. The van der Waals surface area contributed by atoms with Gasteiger partial charge in [-0.25, -0.2) is 0 Å². The summed E-state index contributed by atoms with van der Waals surface area (Å²) in [7, 11) is 0. The molecule has 2 aliphatic rings. The lowest BCUT2D eigenvalue weighted by Crippen LogP contribution is -2.40. The van der Waals surface area contributed by atoms with Gasteiger partial charge in [0.25, 0.3) is 0 Å². The standard InChI is InChI=1S/C35H26N2.C7H11N.C2H6/c1-34(2)29-14-5-7-16-31(29)35(32-17-8-6-15-30(32)34)28-13-4-3-12-26(28)27-19-18-25(21-33(27)35)37-24-11-9-10-23(20-24)22-36;1-2-3-4-5-6-7-8;1-2/h3-21,37H,1-2H3;2-7H,8H2,1H3;1-2H3/b;3-2-,5-4-,7-6+;. The van der Waals surface area contributed by atoms with E-state index < -0.39 is 5.41 Å². The number of nitrogens with two attached hydrogens (primary N) is 1. The molecule has 0 radical (unpaired) electrons. The molecular weight excluding hydrogens is 571 g/mol. The van der Waals surface area contributed by atoms with Crippen molar-refractivity contribution in [1.29, 1.82) is 5.26 Å². The van der Waals surface area contributed by atoms with Gasteiger partial charge in [0.15, 0.2) is 0 Å². The first-order valence-electron chi connectivity index (χ1n) is 16.3. The van der Waals surface area contributed by atoms with E-state index in [0.29, 0.717) is 5.56 Å². The predicted molar refractivity (Wildman–Crippen MR) is 199 cm³/mol. The summed E-state index contributed by atoms with van der Waals surface area (Å²) in [6.07, 6.45) is 11.0. The molecule has 0 amide bonds. The van der Waals surface area contributed by atoms with Crippen molar-refractivity contribution in [3.8, 4) is 17.2 Å². The maximum Gasteiger partial charge on any atom is 0.0992 e. The molecule has 0 bridgehead atoms. The minimum atomic E-state index is -0.402. The van der Waals surface area contributed by atoms with E-state index in [1.807, 2.05) is 69.3 Å². The van der Waals surface area contributed by atoms with Crippen LogP contribution in [-0.4, -0.2) is 0 Å². The van der Waals surface area contributed by atoms with Crippen molar-refractivity contribution in [2.75, 3.05) is 5.32 Å². The Kier molecular flexibility index (Phi) is 9.93. The average Bonchev–Trinajstić information content (AvgIpc) is 3.41. The molecule has 2 aliphatic carbocycles. The molecule has 0 heterocycles. The number of anilines is 2. The lowest BCUT2D eigenvalue weighted by Gasteiger charge is -2.46. The average molecular weight is 614 g/mol. The highest BCUT2D eigenvalue weighted by Gasteiger charge is 2.53. The highest BCUT2D eigenvalue weighted by molar-refractivity contribution is 5.89. The zero-order chi connectivity index (χ0) is 33.4. The van der Waals surface area contributed by atoms with Crippen molar-refractivity contribution in [3.63, 3.8) is 0 Å². The molecule has 3 nitrogen and oxygen atoms in total. The Morgan fingerprint density at radius 1 is 0.596 bits per heavy atom. The molecule has 0 aliphatic heterocycles. The van der Waals surface area contributed by atoms with Crippen LogP contribution in [0.5, 0.6) is 0 Å². The Morgan fingerprint density at radius 3 is 1.77 bits per heavy atom. The van der Waals surface area contributed by atoms with E-state index in [1.165, 1.54) is 50.7 Å². The topological polar surface area (TPSA) is 61.8 Å². The van der Waals surface area contributed by atoms with E-state index in [-0.39, 0.29) is 5.41 Å². The number of nitrogens with zero attached hydrogens (tertiary/aromatic N) is 1. The number of nitriles is 1. The fourth-order valence-electron chi connectivity index (χ4n) is 7.07. The van der Waals surface area contributed by atoms with Crippen molar-refractivity contribution in [2.24, 2.45) is 5.73 Å². The molecule has 3 N–H and O–H groups in total. The monoisotopic (exact) mass is 613 g/mol. The largest absolute Gasteiger partial charge is 0.405 e. The number of benzene rings is 5. The summed E-state index contributed by atoms with van der Waals surface area (Å²) >= 11 is 0. The minimum Gasteiger partial charge on any atom is -0.405 e. The molecule has 7 rings (SSSR count). The molecule has 0 atom stereocenters. The summed E-state index contributed by atoms with van der Waals surface area (Å²) in [4.78, 5) is 0. The SMILES string of the molecule is CC.CC1(C)c2ccccc2C2(c3ccccc3-c3ccc(Nc4cccc(C#N)c4)cc32)c2ccccc21.C\C=C/C=C\C=C\N. The van der Waals surface area contributed by atoms with Crippen LogP contribution in [0.4, 0.5) is 11.4 Å². The van der Waals surface area contributed by atoms with E-state index in [4.69, 9.17) is 5.73 Å². The van der Waals surface area contributed by atoms with Crippen molar-refractivity contribution in [3.05, 3.63) is 191 Å². The number of fused-ring (bicyclic) bond motifs is 9. The van der Waals surface area contributed by atoms with E-state index in [1.54, 1.807) is 6.08 Å². The smallest absolute Gasteiger partial charge is 0.0992 e. The summed E-state index contributed by atoms with van der Waals surface area (Å²) in [6.45, 7) is 10.7. The molecule has 0 saturated heterocycles. The number of rotatable bonds is 4. The van der Waals surface area contributed by atoms with E-state index >= 15 is 0 Å². The fraction of sp³-hybridized carbons (Fsp3) is 0.159. The van der Waals surface area contributed by atoms with Gasteiger partial charge in [0.1, 0.15) is 0 Å². The molecule has 234 valence electrons. The predicted octanol–water partition coefficient (Wildman–Crippen LogP) is 10.9. The van der Waals surface area contributed by atoms with Gasteiger partial charge in [-0.15, -0.1) is 0 Å². The van der Waals surface area contributed by atoms with Gasteiger partial charge in [-0.1, -0.05) is 137 Å². The second-order valence-corrected chi connectivity index (χ2v) is 11.9. The van der Waals surface area contributed by atoms with Gasteiger partial charge >= 0.3 is 0 Å². The summed E-state index contributed by atoms with van der Waals surface area (Å²) in [5, 5.41) is 12.9. The molecule has 0 aromatic heterocycles. The van der Waals surface area contributed by atoms with E-state index in [0.717, 1.165) is 11.4 Å². The van der Waals surface area contributed by atoms with Crippen LogP contribution in [0.2, 0.25) is 0 Å². The third-order valence-corrected chi connectivity index (χ3v) is 8.97. The zero-order valence-electron chi connectivity index (χ0n) is 28.0. The molecule has 3 heteroatoms. The molecule has 47 heavy (non-hydrogen) atoms. The summed E-state index contributed by atoms with van der Waals surface area (Å²) in [5.74, 6) is 0. The van der Waals surface area contributed by atoms with Gasteiger partial charge in [-0.2, -0.15) is 5.26 Å². The Hall–Kier alpha value is -5.59. The van der Waals surface area contributed by atoms with Crippen molar-refractivity contribution < 1.29 is 0 Å². The second kappa shape index (κ2) is 14.2. The van der Waals surface area contributed by atoms with Gasteiger partial charge in [-0.3, -0.25) is 0 Å². The second-order valence-electron chi connectivity index (χ2n) is 11.9. The van der Waals surface area contributed by atoms with Crippen molar-refractivity contribution >= 4 is 11.4 Å². The van der Waals surface area contributed by atoms with Crippen LogP contribution < -0.4 is 11.1 Å². The molecule has 1 spiro atoms. The first-order chi connectivity index (χ1) is 23.0. The first kappa shape index (κ1) is 32.8. The molecule has 0 unspecified atom stereocenters. The van der Waals surface area contributed by atoms with Crippen LogP contribution in [-0.2, 0) is 10.8 Å². The third kappa shape index (κ3) is 5.80. The Morgan fingerprint density at radius 2 is 1.15 bits per heavy atom. The molecule has 5 aromatic carbocycles. The normalized spacial score (nSPS) is 14.2. The maximum absolute atomic E-state index is 9.37. The van der Waals surface area contributed by atoms with Gasteiger partial charge in [0.05, 0.1) is 17.0 Å². The number of nitrogens with one attached hydrogen (secondary N) is 1. The van der Waals surface area contributed by atoms with Gasteiger partial charge in [-0.05, 0) is 94.0 Å². The van der Waals surface area contributed by atoms with Crippen LogP contribution >= 0.6 is 0 Å². The van der Waals surface area contributed by atoms with Crippen LogP contribution in [0, 0.1) is 11.3 Å². The van der Waals surface area contributed by atoms with Crippen molar-refractivity contribution in [2.45, 2.75) is 45.4 Å². The number of hydrogen-bond donors (Lipinski definition) is 2. The van der Waals surface area contributed by atoms with Gasteiger partial charge in [0.2, 0.25) is 0 Å². The minimum absolute atomic E-state index is 0.107. The Balaban J connectivity index is 0.000000383. The van der Waals surface area contributed by atoms with E-state index in [2.05, 4.69) is 116 Å². The highest BCUT2D eigenvalue weighted by Crippen LogP contribution is 2.62. The molecule has 0 fully saturated rings. The summed E-state index contributed by atoms with van der Waals surface area (Å²) < 4.78 is 0. The first-order valence-corrected chi connectivity index (χ1v) is 16.3. The van der Waals surface area contributed by atoms with Crippen molar-refractivity contribution in [1.82, 2.24) is 0 Å². The zero-order valence-corrected chi connectivity index (χ0v) is 28.0. The van der Waals surface area contributed by atoms with Crippen LogP contribution in [0.1, 0.15) is 73.6 Å². The lowest BCUT2D eigenvalue weighted by atomic mass is 9.55. The van der Waals surface area contributed by atoms with Crippen LogP contribution in [0.25, 0.3) is 11.1 Å². The molecular formula is C44H43N3. The summed E-state index contributed by atoms with van der Waals surface area (Å²) in [6, 6.07) is 43.5. The lowest BCUT2D eigenvalue weighted by molar-refractivity contribution is 0.563. The number of hydrogen-bond acceptors (Lipinski definition) is 3. The third-order valence-electron chi connectivity index (χ3n) is 8.97. The van der Waals surface area contributed by atoms with E-state index in [9.17, 15) is 5.26 Å². The van der Waals surface area contributed by atoms with Gasteiger partial charge < -0.3 is 11.1 Å². The maximum atomic E-state index is 9.37. The Labute approximate surface area is 280 Å². The van der Waals surface area contributed by atoms with Gasteiger partial charge in [0, 0.05) is 16.8 Å². The number of allylic oxidation sites excluding steroid dienone is 5. The quantitative estimate of drug-likeness (QED) is 0.194. The fourth-order valence-corrected chi connectivity index (χ4v) is 7.07.